The Morgan fingerprint density at radius 1 is 0.833 bits per heavy atom. The second-order valence-corrected chi connectivity index (χ2v) is 7.34. The van der Waals surface area contributed by atoms with Crippen molar-refractivity contribution in [1.29, 1.82) is 0 Å². The number of aliphatic carboxylic acids is 1. The molecule has 0 saturated heterocycles. The van der Waals surface area contributed by atoms with Crippen molar-refractivity contribution >= 4 is 11.9 Å². The topological polar surface area (TPSA) is 63.6 Å². The minimum absolute atomic E-state index is 0.137. The molecule has 0 aliphatic rings. The number of carboxylic acid groups (broad SMARTS) is 1. The summed E-state index contributed by atoms with van der Waals surface area (Å²) in [5.41, 5.74) is 0. The second kappa shape index (κ2) is 14.1. The van der Waals surface area contributed by atoms with Gasteiger partial charge in [-0.3, -0.25) is 0 Å². The number of carboxylic acids is 1. The summed E-state index contributed by atoms with van der Waals surface area (Å²) in [4.78, 5) is 22.0. The molecule has 0 rings (SSSR count). The maximum Gasteiger partial charge on any atom is 0.331 e. The number of carbonyl (C=O) groups excluding carboxylic acids is 1. The van der Waals surface area contributed by atoms with Crippen LogP contribution in [0.3, 0.4) is 0 Å². The largest absolute Gasteiger partial charge is 0.478 e. The number of hydrogen-bond donors (Lipinski definition) is 1. The van der Waals surface area contributed by atoms with Gasteiger partial charge in [0.05, 0.1) is 0 Å². The number of rotatable bonds is 14. The van der Waals surface area contributed by atoms with E-state index in [1.807, 2.05) is 13.8 Å². The Balaban J connectivity index is 3.79. The standard InChI is InChI=1S/C20H36O4/c1-16(2)12-10-8-6-5-7-9-11-13-18(17(3)4)24-20(23)15-14-19(21)22/h14-18H,5-13H2,1-4H3,(H,21,22)/b15-14-. The summed E-state index contributed by atoms with van der Waals surface area (Å²) in [7, 11) is 0. The lowest BCUT2D eigenvalue weighted by Gasteiger charge is -2.20. The van der Waals surface area contributed by atoms with Gasteiger partial charge in [-0.2, -0.15) is 0 Å². The first kappa shape index (κ1) is 22.7. The fraction of sp³-hybridized carbons (Fsp3) is 0.800. The molecular weight excluding hydrogens is 304 g/mol. The summed E-state index contributed by atoms with van der Waals surface area (Å²) in [5, 5.41) is 8.52. The van der Waals surface area contributed by atoms with Crippen molar-refractivity contribution in [1.82, 2.24) is 0 Å². The molecule has 1 unspecified atom stereocenters. The number of esters is 1. The summed E-state index contributed by atoms with van der Waals surface area (Å²) < 4.78 is 5.36. The van der Waals surface area contributed by atoms with Crippen molar-refractivity contribution in [3.05, 3.63) is 12.2 Å². The van der Waals surface area contributed by atoms with E-state index < -0.39 is 11.9 Å². The zero-order chi connectivity index (χ0) is 18.4. The summed E-state index contributed by atoms with van der Waals surface area (Å²) in [6, 6.07) is 0. The van der Waals surface area contributed by atoms with Gasteiger partial charge < -0.3 is 9.84 Å². The van der Waals surface area contributed by atoms with Crippen LogP contribution in [-0.4, -0.2) is 23.1 Å². The minimum atomic E-state index is -1.14. The summed E-state index contributed by atoms with van der Waals surface area (Å²) in [6.45, 7) is 8.59. The number of hydrogen-bond acceptors (Lipinski definition) is 3. The molecule has 0 amide bonds. The molecule has 140 valence electrons. The molecule has 0 aliphatic carbocycles. The predicted octanol–water partition coefficient (Wildman–Crippen LogP) is 5.36. The van der Waals surface area contributed by atoms with Crippen molar-refractivity contribution in [3.8, 4) is 0 Å². The van der Waals surface area contributed by atoms with Crippen LogP contribution in [0.4, 0.5) is 0 Å². The number of unbranched alkanes of at least 4 members (excludes halogenated alkanes) is 6. The van der Waals surface area contributed by atoms with Crippen LogP contribution in [0.15, 0.2) is 12.2 Å². The lowest BCUT2D eigenvalue weighted by Crippen LogP contribution is -2.22. The third kappa shape index (κ3) is 14.3. The smallest absolute Gasteiger partial charge is 0.331 e. The van der Waals surface area contributed by atoms with E-state index in [2.05, 4.69) is 13.8 Å². The van der Waals surface area contributed by atoms with E-state index in [1.165, 1.54) is 38.5 Å². The van der Waals surface area contributed by atoms with Crippen LogP contribution in [0.25, 0.3) is 0 Å². The van der Waals surface area contributed by atoms with E-state index in [1.54, 1.807) is 0 Å². The molecule has 0 heterocycles. The Hall–Kier alpha value is -1.32. The normalized spacial score (nSPS) is 12.9. The third-order valence-electron chi connectivity index (χ3n) is 4.14. The van der Waals surface area contributed by atoms with Crippen LogP contribution in [-0.2, 0) is 14.3 Å². The lowest BCUT2D eigenvalue weighted by atomic mass is 9.99. The van der Waals surface area contributed by atoms with E-state index >= 15 is 0 Å². The molecule has 0 fully saturated rings. The Morgan fingerprint density at radius 2 is 1.33 bits per heavy atom. The van der Waals surface area contributed by atoms with Gasteiger partial charge in [0, 0.05) is 12.2 Å². The zero-order valence-electron chi connectivity index (χ0n) is 15.9. The highest BCUT2D eigenvalue weighted by Gasteiger charge is 2.16. The average molecular weight is 341 g/mol. The molecule has 0 aliphatic heterocycles. The highest BCUT2D eigenvalue weighted by Crippen LogP contribution is 2.17. The molecule has 0 aromatic carbocycles. The first-order chi connectivity index (χ1) is 11.3. The van der Waals surface area contributed by atoms with Gasteiger partial charge in [-0.25, -0.2) is 9.59 Å². The fourth-order valence-corrected chi connectivity index (χ4v) is 2.64. The molecule has 4 heteroatoms. The summed E-state index contributed by atoms with van der Waals surface area (Å²) in [5.74, 6) is -0.656. The monoisotopic (exact) mass is 340 g/mol. The molecule has 0 bridgehead atoms. The van der Waals surface area contributed by atoms with E-state index in [4.69, 9.17) is 9.84 Å². The van der Waals surface area contributed by atoms with Gasteiger partial charge in [-0.15, -0.1) is 0 Å². The number of ether oxygens (including phenoxy) is 1. The van der Waals surface area contributed by atoms with Gasteiger partial charge in [0.2, 0.25) is 0 Å². The molecule has 1 N–H and O–H groups in total. The lowest BCUT2D eigenvalue weighted by molar-refractivity contribution is -0.146. The summed E-state index contributed by atoms with van der Waals surface area (Å²) in [6.07, 6.45) is 12.6. The molecule has 1 atom stereocenters. The summed E-state index contributed by atoms with van der Waals surface area (Å²) >= 11 is 0. The quantitative estimate of drug-likeness (QED) is 0.262. The second-order valence-electron chi connectivity index (χ2n) is 7.34. The Bertz CT molecular complexity index is 372. The van der Waals surface area contributed by atoms with Crippen molar-refractivity contribution in [2.45, 2.75) is 91.6 Å². The zero-order valence-corrected chi connectivity index (χ0v) is 15.9. The predicted molar refractivity (Wildman–Crippen MR) is 97.9 cm³/mol. The highest BCUT2D eigenvalue weighted by atomic mass is 16.5. The van der Waals surface area contributed by atoms with Crippen molar-refractivity contribution in [2.75, 3.05) is 0 Å². The Morgan fingerprint density at radius 3 is 1.79 bits per heavy atom. The van der Waals surface area contributed by atoms with Crippen LogP contribution in [0.5, 0.6) is 0 Å². The van der Waals surface area contributed by atoms with E-state index in [-0.39, 0.29) is 12.0 Å². The van der Waals surface area contributed by atoms with Gasteiger partial charge in [0.1, 0.15) is 6.10 Å². The molecule has 0 aromatic heterocycles. The van der Waals surface area contributed by atoms with Crippen LogP contribution in [0.1, 0.15) is 85.5 Å². The first-order valence-corrected chi connectivity index (χ1v) is 9.44. The van der Waals surface area contributed by atoms with Crippen LogP contribution in [0.2, 0.25) is 0 Å². The first-order valence-electron chi connectivity index (χ1n) is 9.44. The molecular formula is C20H36O4. The fourth-order valence-electron chi connectivity index (χ4n) is 2.64. The van der Waals surface area contributed by atoms with Crippen LogP contribution < -0.4 is 0 Å². The highest BCUT2D eigenvalue weighted by molar-refractivity contribution is 5.90. The van der Waals surface area contributed by atoms with Gasteiger partial charge >= 0.3 is 11.9 Å². The van der Waals surface area contributed by atoms with E-state index in [0.717, 1.165) is 37.3 Å². The van der Waals surface area contributed by atoms with Gasteiger partial charge in [0.25, 0.3) is 0 Å². The van der Waals surface area contributed by atoms with Gasteiger partial charge in [-0.1, -0.05) is 72.6 Å². The van der Waals surface area contributed by atoms with Crippen LogP contribution >= 0.6 is 0 Å². The average Bonchev–Trinajstić information content (AvgIpc) is 2.49. The van der Waals surface area contributed by atoms with Crippen LogP contribution in [0, 0.1) is 11.8 Å². The Labute approximate surface area is 147 Å². The SMILES string of the molecule is CC(C)CCCCCCCCCC(OC(=O)/C=C\C(=O)O)C(C)C. The third-order valence-corrected chi connectivity index (χ3v) is 4.14. The molecule has 0 radical (unpaired) electrons. The maximum absolute atomic E-state index is 11.6. The molecule has 0 aromatic rings. The molecule has 24 heavy (non-hydrogen) atoms. The van der Waals surface area contributed by atoms with E-state index in [0.29, 0.717) is 0 Å². The number of carbonyl (C=O) groups is 2. The van der Waals surface area contributed by atoms with E-state index in [9.17, 15) is 9.59 Å². The van der Waals surface area contributed by atoms with Crippen molar-refractivity contribution < 1.29 is 19.4 Å². The van der Waals surface area contributed by atoms with Crippen molar-refractivity contribution in [3.63, 3.8) is 0 Å². The molecule has 4 nitrogen and oxygen atoms in total. The molecule has 0 saturated carbocycles. The van der Waals surface area contributed by atoms with Gasteiger partial charge in [0.15, 0.2) is 0 Å². The molecule has 0 spiro atoms. The minimum Gasteiger partial charge on any atom is -0.478 e. The maximum atomic E-state index is 11.6. The van der Waals surface area contributed by atoms with Crippen molar-refractivity contribution in [2.24, 2.45) is 11.8 Å². The van der Waals surface area contributed by atoms with Gasteiger partial charge in [-0.05, 0) is 24.7 Å². The Kier molecular flexibility index (Phi) is 13.3.